The number of imide groups is 1. The maximum atomic E-state index is 16.3. The molecule has 67 heavy (non-hydrogen) atoms. The number of rotatable bonds is 9. The van der Waals surface area contributed by atoms with Crippen molar-refractivity contribution in [2.24, 2.45) is 5.92 Å². The van der Waals surface area contributed by atoms with Gasteiger partial charge in [0.1, 0.15) is 29.9 Å². The van der Waals surface area contributed by atoms with Crippen molar-refractivity contribution in [1.82, 2.24) is 9.80 Å². The number of cyclic esters (lactones) is 1. The molecule has 0 saturated carbocycles. The number of nitro groups is 1. The van der Waals surface area contributed by atoms with Crippen LogP contribution in [-0.2, 0) is 48.8 Å². The molecule has 4 aliphatic rings. The second-order valence-corrected chi connectivity index (χ2v) is 17.0. The molecule has 6 aromatic carbocycles. The Kier molecular flexibility index (Phi) is 10.9. The van der Waals surface area contributed by atoms with Crippen LogP contribution in [0.15, 0.2) is 146 Å². The van der Waals surface area contributed by atoms with E-state index >= 15 is 14.4 Å². The number of aromatic hydroxyl groups is 1. The lowest BCUT2D eigenvalue weighted by atomic mass is 9.65. The van der Waals surface area contributed by atoms with Gasteiger partial charge in [-0.1, -0.05) is 91.0 Å². The lowest BCUT2D eigenvalue weighted by Crippen LogP contribution is -2.57. The van der Waals surface area contributed by atoms with Crippen LogP contribution in [0.5, 0.6) is 17.2 Å². The van der Waals surface area contributed by atoms with Crippen LogP contribution in [0.25, 0.3) is 0 Å². The van der Waals surface area contributed by atoms with Crippen molar-refractivity contribution in [2.75, 3.05) is 25.7 Å². The molecule has 0 radical (unpaired) electrons. The van der Waals surface area contributed by atoms with Crippen molar-refractivity contribution in [3.63, 3.8) is 0 Å². The number of anilines is 1. The van der Waals surface area contributed by atoms with E-state index in [2.05, 4.69) is 0 Å². The number of nitrogens with zero attached hydrogens (tertiary/aromatic N) is 4. The number of methoxy groups -OCH3 is 2. The minimum absolute atomic E-state index is 0.0477. The number of carbonyl (C=O) groups is 4. The monoisotopic (exact) mass is 900 g/mol. The first-order chi connectivity index (χ1) is 32.5. The highest BCUT2D eigenvalue weighted by atomic mass is 16.6. The van der Waals surface area contributed by atoms with Gasteiger partial charge < -0.3 is 29.0 Å². The third kappa shape index (κ3) is 7.01. The molecule has 4 heterocycles. The molecule has 3 amide bonds. The van der Waals surface area contributed by atoms with Gasteiger partial charge in [-0.3, -0.25) is 29.4 Å². The van der Waals surface area contributed by atoms with E-state index in [0.717, 1.165) is 21.6 Å². The number of amides is 3. The lowest BCUT2D eigenvalue weighted by Gasteiger charge is -2.46. The van der Waals surface area contributed by atoms with Gasteiger partial charge in [0.2, 0.25) is 11.8 Å². The van der Waals surface area contributed by atoms with Crippen LogP contribution in [0.2, 0.25) is 0 Å². The van der Waals surface area contributed by atoms with E-state index in [1.54, 1.807) is 48.4 Å². The van der Waals surface area contributed by atoms with E-state index < -0.39 is 64.4 Å². The molecule has 6 atom stereocenters. The first kappa shape index (κ1) is 42.9. The average molecular weight is 901 g/mol. The van der Waals surface area contributed by atoms with E-state index in [9.17, 15) is 20.0 Å². The van der Waals surface area contributed by atoms with Crippen LogP contribution < -0.4 is 14.4 Å². The van der Waals surface area contributed by atoms with Gasteiger partial charge >= 0.3 is 12.1 Å². The van der Waals surface area contributed by atoms with Crippen molar-refractivity contribution in [2.45, 2.75) is 49.2 Å². The number of benzene rings is 6. The Balaban J connectivity index is 1.18. The average Bonchev–Trinajstić information content (AvgIpc) is 3.82. The molecule has 6 aromatic rings. The zero-order valence-corrected chi connectivity index (χ0v) is 36.4. The number of nitro benzene ring substituents is 1. The fourth-order valence-electron chi connectivity index (χ4n) is 10.7. The molecular weight excluding hydrogens is 857 g/mol. The van der Waals surface area contributed by atoms with Gasteiger partial charge in [0.05, 0.1) is 42.8 Å². The minimum atomic E-state index is -2.00. The number of morpholine rings is 1. The summed E-state index contributed by atoms with van der Waals surface area (Å²) in [4.78, 5) is 77.8. The minimum Gasteiger partial charge on any atom is -0.508 e. The topological polar surface area (TPSA) is 178 Å². The maximum absolute atomic E-state index is 16.3. The summed E-state index contributed by atoms with van der Waals surface area (Å²) in [6.45, 7) is 0.000324. The van der Waals surface area contributed by atoms with Crippen molar-refractivity contribution < 1.29 is 48.2 Å². The predicted molar refractivity (Wildman–Crippen MR) is 242 cm³/mol. The summed E-state index contributed by atoms with van der Waals surface area (Å²) in [6.07, 6.45) is -1.54. The second-order valence-electron chi connectivity index (χ2n) is 17.0. The van der Waals surface area contributed by atoms with E-state index in [4.69, 9.17) is 18.9 Å². The molecule has 0 aromatic heterocycles. The summed E-state index contributed by atoms with van der Waals surface area (Å²) in [5.74, 6) is -2.56. The van der Waals surface area contributed by atoms with Crippen molar-refractivity contribution in [3.05, 3.63) is 195 Å². The molecule has 10 rings (SSSR count). The van der Waals surface area contributed by atoms with Crippen molar-refractivity contribution in [1.29, 1.82) is 0 Å². The van der Waals surface area contributed by atoms with Crippen LogP contribution in [-0.4, -0.2) is 70.5 Å². The second kappa shape index (κ2) is 17.1. The Bertz CT molecular complexity index is 2910. The van der Waals surface area contributed by atoms with Crippen molar-refractivity contribution >= 4 is 35.3 Å². The highest BCUT2D eigenvalue weighted by Crippen LogP contribution is 2.66. The Labute approximate surface area is 384 Å². The number of hydrogen-bond acceptors (Lipinski definition) is 12. The molecule has 4 aliphatic heterocycles. The quantitative estimate of drug-likeness (QED) is 0.0844. The summed E-state index contributed by atoms with van der Waals surface area (Å²) < 4.78 is 23.6. The molecule has 2 fully saturated rings. The molecule has 1 spiro atoms. The molecule has 15 nitrogen and oxygen atoms in total. The molecule has 0 aliphatic carbocycles. The smallest absolute Gasteiger partial charge is 0.421 e. The fraction of sp³-hybridized carbons (Fsp3) is 0.231. The van der Waals surface area contributed by atoms with Gasteiger partial charge in [-0.15, -0.1) is 0 Å². The SMILES string of the molecule is COc1cc2c(cc1OC)CN(C(=O)[C@H]1[C@@H]3C(=O)O[C@@H](c4ccccc4)[C@@H](c4ccccc4)N3[C@@H](c3ccc(O)cc3)[C@]13C(=O)N(C(=O)OCc1ccc([N+](=O)[O-])cc1)c1ccccc13)CC2. The van der Waals surface area contributed by atoms with Gasteiger partial charge in [0, 0.05) is 25.2 Å². The van der Waals surface area contributed by atoms with Crippen LogP contribution in [0.3, 0.4) is 0 Å². The fourth-order valence-corrected chi connectivity index (χ4v) is 10.7. The van der Waals surface area contributed by atoms with Gasteiger partial charge in [0.15, 0.2) is 11.5 Å². The third-order valence-corrected chi connectivity index (χ3v) is 13.6. The number of phenols is 1. The molecule has 2 saturated heterocycles. The first-order valence-corrected chi connectivity index (χ1v) is 21.8. The largest absolute Gasteiger partial charge is 0.508 e. The molecule has 15 heteroatoms. The predicted octanol–water partition coefficient (Wildman–Crippen LogP) is 7.90. The summed E-state index contributed by atoms with van der Waals surface area (Å²) >= 11 is 0. The summed E-state index contributed by atoms with van der Waals surface area (Å²) in [5.41, 5.74) is 2.42. The third-order valence-electron chi connectivity index (χ3n) is 13.6. The molecule has 338 valence electrons. The number of fused-ring (bicyclic) bond motifs is 4. The molecule has 1 N–H and O–H groups in total. The molecule has 0 unspecified atom stereocenters. The molecule has 0 bridgehead atoms. The highest BCUT2D eigenvalue weighted by Gasteiger charge is 2.76. The zero-order valence-electron chi connectivity index (χ0n) is 36.4. The van der Waals surface area contributed by atoms with Crippen LogP contribution in [0.1, 0.15) is 57.1 Å². The number of carbonyl (C=O) groups excluding carboxylic acids is 4. The van der Waals surface area contributed by atoms with E-state index in [0.29, 0.717) is 40.2 Å². The Morgan fingerprint density at radius 2 is 1.40 bits per heavy atom. The van der Waals surface area contributed by atoms with Gasteiger partial charge in [0.25, 0.3) is 5.69 Å². The number of non-ortho nitro benzene ring substituents is 1. The standard InChI is InChI=1S/C52H44N4O11/c1-64-41-27-35-25-26-53(29-36(35)28-42(41)65-2)48(58)43-45-49(59)67-46(33-13-7-4-8-14-33)44(32-11-5-3-6-12-32)55(45)47(34-19-23-38(57)24-20-34)52(43)39-15-9-10-16-40(39)54(50(52)60)51(61)66-30-31-17-21-37(22-18-31)56(62)63/h3-24,27-28,43-47,57H,25-26,29-30H2,1-2H3/t43-,44-,45-,46+,47+,52-/m1/s1. The lowest BCUT2D eigenvalue weighted by molar-refractivity contribution is -0.384. The van der Waals surface area contributed by atoms with E-state index in [1.807, 2.05) is 77.7 Å². The maximum Gasteiger partial charge on any atom is 0.421 e. The summed E-state index contributed by atoms with van der Waals surface area (Å²) in [5, 5.41) is 22.1. The Morgan fingerprint density at radius 3 is 2.06 bits per heavy atom. The summed E-state index contributed by atoms with van der Waals surface area (Å²) in [6, 6.07) is 37.7. The van der Waals surface area contributed by atoms with Gasteiger partial charge in [-0.05, 0) is 87.8 Å². The van der Waals surface area contributed by atoms with Crippen LogP contribution in [0.4, 0.5) is 16.2 Å². The zero-order chi connectivity index (χ0) is 46.6. The number of phenolic OH excluding ortho intramolecular Hbond substituents is 1. The summed E-state index contributed by atoms with van der Waals surface area (Å²) in [7, 11) is 3.08. The first-order valence-electron chi connectivity index (χ1n) is 21.8. The van der Waals surface area contributed by atoms with Crippen LogP contribution in [0, 0.1) is 16.0 Å². The highest BCUT2D eigenvalue weighted by molar-refractivity contribution is 6.23. The van der Waals surface area contributed by atoms with Crippen LogP contribution >= 0.6 is 0 Å². The van der Waals surface area contributed by atoms with Crippen molar-refractivity contribution in [3.8, 4) is 17.2 Å². The number of esters is 1. The van der Waals surface area contributed by atoms with Gasteiger partial charge in [-0.25, -0.2) is 9.69 Å². The molecular formula is C52H44N4O11. The number of para-hydroxylation sites is 1. The Hall–Kier alpha value is -8.04. The Morgan fingerprint density at radius 1 is 0.776 bits per heavy atom. The van der Waals surface area contributed by atoms with E-state index in [-0.39, 0.29) is 36.8 Å². The normalized spacial score (nSPS) is 22.9. The van der Waals surface area contributed by atoms with E-state index in [1.165, 1.54) is 43.5 Å². The van der Waals surface area contributed by atoms with Gasteiger partial charge in [-0.2, -0.15) is 0 Å². The number of ether oxygens (including phenoxy) is 4. The number of hydrogen-bond donors (Lipinski definition) is 1.